The van der Waals surface area contributed by atoms with Crippen molar-refractivity contribution in [2.24, 2.45) is 5.92 Å². The normalized spacial score (nSPS) is 27.9. The number of amides is 2. The Morgan fingerprint density at radius 3 is 2.89 bits per heavy atom. The molecule has 2 saturated heterocycles. The molecule has 0 aromatic carbocycles. The molecule has 0 aliphatic carbocycles. The van der Waals surface area contributed by atoms with Gasteiger partial charge in [0.05, 0.1) is 19.1 Å². The fourth-order valence-electron chi connectivity index (χ4n) is 2.62. The van der Waals surface area contributed by atoms with Crippen LogP contribution in [0.1, 0.15) is 19.3 Å². The number of hydrogen-bond acceptors (Lipinski definition) is 4. The average Bonchev–Trinajstić information content (AvgIpc) is 2.87. The lowest BCUT2D eigenvalue weighted by atomic mass is 9.98. The van der Waals surface area contributed by atoms with Crippen molar-refractivity contribution in [3.05, 3.63) is 0 Å². The monoisotopic (exact) mass is 255 g/mol. The van der Waals surface area contributed by atoms with Crippen LogP contribution < -0.4 is 10.6 Å². The van der Waals surface area contributed by atoms with Crippen LogP contribution in [0.4, 0.5) is 4.79 Å². The molecule has 0 spiro atoms. The molecule has 2 N–H and O–H groups in total. The van der Waals surface area contributed by atoms with Gasteiger partial charge in [-0.05, 0) is 25.8 Å². The average molecular weight is 255 g/mol. The highest BCUT2D eigenvalue weighted by Crippen LogP contribution is 2.17. The Morgan fingerprint density at radius 1 is 1.39 bits per heavy atom. The van der Waals surface area contributed by atoms with Crippen LogP contribution in [0.15, 0.2) is 0 Å². The molecule has 18 heavy (non-hydrogen) atoms. The number of rotatable bonds is 2. The summed E-state index contributed by atoms with van der Waals surface area (Å²) in [4.78, 5) is 25.2. The number of hydrogen-bond donors (Lipinski definition) is 2. The second-order valence-corrected chi connectivity index (χ2v) is 4.95. The zero-order valence-electron chi connectivity index (χ0n) is 10.8. The van der Waals surface area contributed by atoms with E-state index in [1.54, 1.807) is 0 Å². The van der Waals surface area contributed by atoms with Gasteiger partial charge in [-0.25, -0.2) is 4.79 Å². The maximum atomic E-state index is 12.2. The Morgan fingerprint density at radius 2 is 2.22 bits per heavy atom. The zero-order chi connectivity index (χ0) is 13.0. The summed E-state index contributed by atoms with van der Waals surface area (Å²) in [5.74, 6) is 0.326. The van der Waals surface area contributed by atoms with Crippen molar-refractivity contribution in [3.8, 4) is 0 Å². The largest absolute Gasteiger partial charge is 0.453 e. The quantitative estimate of drug-likeness (QED) is 0.725. The molecule has 0 aromatic heterocycles. The van der Waals surface area contributed by atoms with Gasteiger partial charge in [0.1, 0.15) is 0 Å². The zero-order valence-corrected chi connectivity index (χ0v) is 10.8. The summed E-state index contributed by atoms with van der Waals surface area (Å²) in [7, 11) is 1.35. The molecule has 2 fully saturated rings. The smallest absolute Gasteiger partial charge is 0.407 e. The lowest BCUT2D eigenvalue weighted by Gasteiger charge is -2.26. The summed E-state index contributed by atoms with van der Waals surface area (Å²) in [6, 6.07) is 0.0259. The molecule has 2 heterocycles. The van der Waals surface area contributed by atoms with Gasteiger partial charge in [0.15, 0.2) is 0 Å². The van der Waals surface area contributed by atoms with E-state index in [4.69, 9.17) is 0 Å². The van der Waals surface area contributed by atoms with Crippen molar-refractivity contribution in [2.75, 3.05) is 33.3 Å². The molecule has 6 heteroatoms. The number of carbonyl (C=O) groups excluding carboxylic acids is 2. The van der Waals surface area contributed by atoms with Crippen LogP contribution in [-0.4, -0.2) is 56.2 Å². The summed E-state index contributed by atoms with van der Waals surface area (Å²) in [5.41, 5.74) is 0. The third-order valence-corrected chi connectivity index (χ3v) is 3.65. The summed E-state index contributed by atoms with van der Waals surface area (Å²) in [6.07, 6.45) is 2.42. The number of methoxy groups -OCH3 is 1. The van der Waals surface area contributed by atoms with Crippen molar-refractivity contribution in [1.82, 2.24) is 15.5 Å². The predicted molar refractivity (Wildman–Crippen MR) is 66.1 cm³/mol. The minimum Gasteiger partial charge on any atom is -0.453 e. The molecule has 2 unspecified atom stereocenters. The molecule has 2 rings (SSSR count). The van der Waals surface area contributed by atoms with E-state index in [-0.39, 0.29) is 17.9 Å². The molecular weight excluding hydrogens is 234 g/mol. The van der Waals surface area contributed by atoms with Gasteiger partial charge in [0.2, 0.25) is 5.91 Å². The van der Waals surface area contributed by atoms with E-state index in [1.165, 1.54) is 7.11 Å². The fraction of sp³-hybridized carbons (Fsp3) is 0.833. The Kier molecular flexibility index (Phi) is 4.41. The maximum Gasteiger partial charge on any atom is 0.407 e. The van der Waals surface area contributed by atoms with E-state index in [9.17, 15) is 9.59 Å². The highest BCUT2D eigenvalue weighted by molar-refractivity contribution is 5.79. The summed E-state index contributed by atoms with van der Waals surface area (Å²) in [6.45, 7) is 3.12. The predicted octanol–water partition coefficient (Wildman–Crippen LogP) is -0.0571. The Hall–Kier alpha value is -1.30. The van der Waals surface area contributed by atoms with Gasteiger partial charge in [-0.2, -0.15) is 0 Å². The molecule has 0 radical (unpaired) electrons. The fourth-order valence-corrected chi connectivity index (χ4v) is 2.62. The minimum atomic E-state index is -0.423. The van der Waals surface area contributed by atoms with Crippen molar-refractivity contribution in [3.63, 3.8) is 0 Å². The molecule has 0 bridgehead atoms. The van der Waals surface area contributed by atoms with E-state index in [1.807, 2.05) is 4.90 Å². The number of alkyl carbamates (subject to hydrolysis) is 1. The van der Waals surface area contributed by atoms with Gasteiger partial charge in [-0.15, -0.1) is 0 Å². The molecule has 2 amide bonds. The molecule has 2 aliphatic heterocycles. The highest BCUT2D eigenvalue weighted by atomic mass is 16.5. The van der Waals surface area contributed by atoms with Crippen molar-refractivity contribution >= 4 is 12.0 Å². The van der Waals surface area contributed by atoms with E-state index >= 15 is 0 Å². The molecule has 102 valence electrons. The molecule has 2 atom stereocenters. The van der Waals surface area contributed by atoms with Crippen LogP contribution in [0.2, 0.25) is 0 Å². The lowest BCUT2D eigenvalue weighted by Crippen LogP contribution is -2.44. The number of ether oxygens (including phenoxy) is 1. The minimum absolute atomic E-state index is 0.0259. The second kappa shape index (κ2) is 6.04. The van der Waals surface area contributed by atoms with Crippen LogP contribution in [0.5, 0.6) is 0 Å². The third kappa shape index (κ3) is 3.13. The van der Waals surface area contributed by atoms with Crippen LogP contribution in [-0.2, 0) is 9.53 Å². The van der Waals surface area contributed by atoms with Crippen molar-refractivity contribution in [2.45, 2.75) is 25.3 Å². The number of nitrogens with one attached hydrogen (secondary N) is 2. The van der Waals surface area contributed by atoms with Gasteiger partial charge < -0.3 is 20.3 Å². The maximum absolute atomic E-state index is 12.2. The van der Waals surface area contributed by atoms with E-state index in [0.717, 1.165) is 38.9 Å². The number of piperidine rings is 1. The summed E-state index contributed by atoms with van der Waals surface area (Å²) >= 11 is 0. The molecule has 6 nitrogen and oxygen atoms in total. The first-order valence-corrected chi connectivity index (χ1v) is 6.54. The van der Waals surface area contributed by atoms with E-state index in [2.05, 4.69) is 15.4 Å². The van der Waals surface area contributed by atoms with Crippen molar-refractivity contribution in [1.29, 1.82) is 0 Å². The van der Waals surface area contributed by atoms with Gasteiger partial charge in [0.25, 0.3) is 0 Å². The van der Waals surface area contributed by atoms with Crippen molar-refractivity contribution < 1.29 is 14.3 Å². The first-order chi connectivity index (χ1) is 8.70. The number of likely N-dealkylation sites (tertiary alicyclic amines) is 1. The summed E-state index contributed by atoms with van der Waals surface area (Å²) < 4.78 is 4.56. The van der Waals surface area contributed by atoms with Crippen LogP contribution in [0.25, 0.3) is 0 Å². The van der Waals surface area contributed by atoms with Crippen LogP contribution in [0, 0.1) is 5.92 Å². The van der Waals surface area contributed by atoms with Gasteiger partial charge in [-0.1, -0.05) is 0 Å². The topological polar surface area (TPSA) is 70.7 Å². The molecule has 2 aliphatic rings. The number of nitrogens with zero attached hydrogens (tertiary/aromatic N) is 1. The Bertz CT molecular complexity index is 316. The highest BCUT2D eigenvalue weighted by Gasteiger charge is 2.32. The number of carbonyl (C=O) groups is 2. The SMILES string of the molecule is COC(=O)NC1CCN(C(=O)C2CCCNC2)C1. The Balaban J connectivity index is 1.80. The van der Waals surface area contributed by atoms with E-state index in [0.29, 0.717) is 6.54 Å². The van der Waals surface area contributed by atoms with Crippen LogP contribution >= 0.6 is 0 Å². The first-order valence-electron chi connectivity index (χ1n) is 6.54. The first kappa shape index (κ1) is 13.1. The summed E-state index contributed by atoms with van der Waals surface area (Å²) in [5, 5.41) is 6.00. The van der Waals surface area contributed by atoms with Crippen LogP contribution in [0.3, 0.4) is 0 Å². The van der Waals surface area contributed by atoms with Gasteiger partial charge in [0, 0.05) is 19.6 Å². The van der Waals surface area contributed by atoms with E-state index < -0.39 is 6.09 Å². The molecule has 0 saturated carbocycles. The van der Waals surface area contributed by atoms with Gasteiger partial charge in [-0.3, -0.25) is 4.79 Å². The molecule has 0 aromatic rings. The standard InChI is InChI=1S/C12H21N3O3/c1-18-12(17)14-10-4-6-15(8-10)11(16)9-3-2-5-13-7-9/h9-10,13H,2-8H2,1H3,(H,14,17). The second-order valence-electron chi connectivity index (χ2n) is 4.95. The van der Waals surface area contributed by atoms with Gasteiger partial charge >= 0.3 is 6.09 Å². The lowest BCUT2D eigenvalue weighted by molar-refractivity contribution is -0.135. The third-order valence-electron chi connectivity index (χ3n) is 3.65. The molecular formula is C12H21N3O3. The Labute approximate surface area is 107 Å².